The summed E-state index contributed by atoms with van der Waals surface area (Å²) in [6.45, 7) is 4.50. The fourth-order valence-corrected chi connectivity index (χ4v) is 2.01. The molecule has 7 heteroatoms. The summed E-state index contributed by atoms with van der Waals surface area (Å²) in [5.41, 5.74) is 8.29. The molecule has 2 aromatic heterocycles. The number of aryl methyl sites for hydroxylation is 3. The average Bonchev–Trinajstić information content (AvgIpc) is 2.76. The number of aromatic nitrogens is 4. The highest BCUT2D eigenvalue weighted by atomic mass is 16.5. The number of nitrogens with zero attached hydrogens (tertiary/aromatic N) is 4. The molecule has 0 saturated heterocycles. The fraction of sp³-hybridized carbons (Fsp3) is 0.545. The quantitative estimate of drug-likeness (QED) is 0.804. The van der Waals surface area contributed by atoms with Crippen molar-refractivity contribution in [2.24, 2.45) is 7.05 Å². The molecule has 2 aromatic rings. The van der Waals surface area contributed by atoms with E-state index < -0.39 is 0 Å². The van der Waals surface area contributed by atoms with Crippen LogP contribution in [0.25, 0.3) is 11.2 Å². The first-order valence-corrected chi connectivity index (χ1v) is 5.85. The third-order valence-corrected chi connectivity index (χ3v) is 2.76. The van der Waals surface area contributed by atoms with Crippen LogP contribution in [-0.4, -0.2) is 31.9 Å². The first-order valence-electron chi connectivity index (χ1n) is 5.85. The van der Waals surface area contributed by atoms with Crippen LogP contribution in [0.4, 0.5) is 5.95 Å². The number of esters is 1. The first-order chi connectivity index (χ1) is 8.54. The van der Waals surface area contributed by atoms with Gasteiger partial charge in [0.05, 0.1) is 18.7 Å². The zero-order valence-electron chi connectivity index (χ0n) is 10.8. The second-order valence-electron chi connectivity index (χ2n) is 4.06. The van der Waals surface area contributed by atoms with Gasteiger partial charge in [0.1, 0.15) is 5.52 Å². The van der Waals surface area contributed by atoms with E-state index in [2.05, 4.69) is 10.1 Å². The third kappa shape index (κ3) is 2.03. The van der Waals surface area contributed by atoms with E-state index in [9.17, 15) is 4.79 Å². The molecule has 2 N–H and O–H groups in total. The number of hydrogen-bond donors (Lipinski definition) is 1. The number of ether oxygens (including phenoxy) is 1. The van der Waals surface area contributed by atoms with Crippen molar-refractivity contribution in [3.05, 3.63) is 5.69 Å². The van der Waals surface area contributed by atoms with E-state index >= 15 is 0 Å². The number of carbonyl (C=O) groups is 1. The van der Waals surface area contributed by atoms with Gasteiger partial charge in [0.15, 0.2) is 5.65 Å². The molecular formula is C11H17N5O2. The minimum atomic E-state index is -0.238. The lowest BCUT2D eigenvalue weighted by Crippen LogP contribution is -2.12. The largest absolute Gasteiger partial charge is 0.466 e. The van der Waals surface area contributed by atoms with Gasteiger partial charge in [-0.2, -0.15) is 5.10 Å². The molecule has 0 atom stereocenters. The molecule has 0 aliphatic heterocycles. The Morgan fingerprint density at radius 2 is 2.22 bits per heavy atom. The van der Waals surface area contributed by atoms with Crippen LogP contribution in [0, 0.1) is 6.92 Å². The SMILES string of the molecule is CCOC(=O)CCn1c(N)nc2c(C)nn(C)c21. The van der Waals surface area contributed by atoms with E-state index in [4.69, 9.17) is 10.5 Å². The van der Waals surface area contributed by atoms with Crippen molar-refractivity contribution in [3.63, 3.8) is 0 Å². The molecule has 98 valence electrons. The van der Waals surface area contributed by atoms with E-state index in [1.807, 2.05) is 14.0 Å². The summed E-state index contributed by atoms with van der Waals surface area (Å²) >= 11 is 0. The van der Waals surface area contributed by atoms with Crippen LogP contribution in [0.15, 0.2) is 0 Å². The van der Waals surface area contributed by atoms with Gasteiger partial charge in [0, 0.05) is 13.6 Å². The fourth-order valence-electron chi connectivity index (χ4n) is 2.01. The number of hydrogen-bond acceptors (Lipinski definition) is 5. The van der Waals surface area contributed by atoms with Gasteiger partial charge in [-0.1, -0.05) is 0 Å². The molecule has 0 fully saturated rings. The highest BCUT2D eigenvalue weighted by Gasteiger charge is 2.16. The van der Waals surface area contributed by atoms with E-state index in [0.717, 1.165) is 16.9 Å². The number of rotatable bonds is 4. The Kier molecular flexibility index (Phi) is 3.22. The highest BCUT2D eigenvalue weighted by Crippen LogP contribution is 2.20. The Hall–Kier alpha value is -2.05. The number of fused-ring (bicyclic) bond motifs is 1. The molecule has 2 rings (SSSR count). The number of carbonyl (C=O) groups excluding carboxylic acids is 1. The van der Waals surface area contributed by atoms with E-state index in [-0.39, 0.29) is 12.4 Å². The van der Waals surface area contributed by atoms with Crippen LogP contribution in [0.2, 0.25) is 0 Å². The molecule has 2 heterocycles. The van der Waals surface area contributed by atoms with Gasteiger partial charge in [-0.25, -0.2) is 4.98 Å². The van der Waals surface area contributed by atoms with Crippen molar-refractivity contribution >= 4 is 23.1 Å². The van der Waals surface area contributed by atoms with Crippen molar-refractivity contribution in [1.29, 1.82) is 0 Å². The maximum absolute atomic E-state index is 11.4. The Bertz CT molecular complexity index is 584. The summed E-state index contributed by atoms with van der Waals surface area (Å²) in [7, 11) is 1.83. The Balaban J connectivity index is 2.27. The van der Waals surface area contributed by atoms with Gasteiger partial charge >= 0.3 is 5.97 Å². The van der Waals surface area contributed by atoms with Gasteiger partial charge in [-0.3, -0.25) is 14.0 Å². The molecule has 7 nitrogen and oxygen atoms in total. The lowest BCUT2D eigenvalue weighted by atomic mass is 10.4. The van der Waals surface area contributed by atoms with Gasteiger partial charge in [-0.05, 0) is 13.8 Å². The van der Waals surface area contributed by atoms with E-state index in [1.54, 1.807) is 16.2 Å². The number of nitrogens with two attached hydrogens (primary N) is 1. The molecule has 0 saturated carbocycles. The van der Waals surface area contributed by atoms with Crippen LogP contribution in [0.3, 0.4) is 0 Å². The molecule has 0 radical (unpaired) electrons. The van der Waals surface area contributed by atoms with Gasteiger partial charge in [0.25, 0.3) is 0 Å². The highest BCUT2D eigenvalue weighted by molar-refractivity contribution is 5.78. The molecule has 0 unspecified atom stereocenters. The summed E-state index contributed by atoms with van der Waals surface area (Å²) in [6.07, 6.45) is 0.272. The third-order valence-electron chi connectivity index (χ3n) is 2.76. The maximum Gasteiger partial charge on any atom is 0.307 e. The molecular weight excluding hydrogens is 234 g/mol. The molecule has 0 aliphatic rings. The Morgan fingerprint density at radius 1 is 1.50 bits per heavy atom. The Labute approximate surface area is 105 Å². The maximum atomic E-state index is 11.4. The van der Waals surface area contributed by atoms with Crippen LogP contribution < -0.4 is 5.73 Å². The van der Waals surface area contributed by atoms with Crippen molar-refractivity contribution in [2.75, 3.05) is 12.3 Å². The first kappa shape index (κ1) is 12.4. The van der Waals surface area contributed by atoms with Crippen molar-refractivity contribution in [2.45, 2.75) is 26.8 Å². The summed E-state index contributed by atoms with van der Waals surface area (Å²) in [4.78, 5) is 15.6. The second kappa shape index (κ2) is 4.67. The van der Waals surface area contributed by atoms with E-state index in [0.29, 0.717) is 19.1 Å². The van der Waals surface area contributed by atoms with Gasteiger partial charge < -0.3 is 10.5 Å². The monoisotopic (exact) mass is 251 g/mol. The number of anilines is 1. The standard InChI is InChI=1S/C11H17N5O2/c1-4-18-8(17)5-6-16-10-9(13-11(16)12)7(2)14-15(10)3/h4-6H2,1-3H3,(H2,12,13). The molecule has 0 amide bonds. The lowest BCUT2D eigenvalue weighted by molar-refractivity contribution is -0.143. The molecule has 0 bridgehead atoms. The normalized spacial score (nSPS) is 11.1. The van der Waals surface area contributed by atoms with Crippen molar-refractivity contribution in [1.82, 2.24) is 19.3 Å². The Morgan fingerprint density at radius 3 is 2.89 bits per heavy atom. The predicted octanol–water partition coefficient (Wildman–Crippen LogP) is 0.614. The second-order valence-corrected chi connectivity index (χ2v) is 4.06. The molecule has 0 aromatic carbocycles. The topological polar surface area (TPSA) is 88.0 Å². The smallest absolute Gasteiger partial charge is 0.307 e. The van der Waals surface area contributed by atoms with Crippen LogP contribution in [0.1, 0.15) is 19.0 Å². The van der Waals surface area contributed by atoms with Crippen LogP contribution in [-0.2, 0) is 23.1 Å². The molecule has 18 heavy (non-hydrogen) atoms. The number of nitrogen functional groups attached to an aromatic ring is 1. The molecule has 0 aliphatic carbocycles. The molecule has 0 spiro atoms. The minimum absolute atomic E-state index is 0.238. The lowest BCUT2D eigenvalue weighted by Gasteiger charge is -2.06. The van der Waals surface area contributed by atoms with Gasteiger partial charge in [0.2, 0.25) is 5.95 Å². The van der Waals surface area contributed by atoms with E-state index in [1.165, 1.54) is 0 Å². The summed E-state index contributed by atoms with van der Waals surface area (Å²) in [6, 6.07) is 0. The average molecular weight is 251 g/mol. The zero-order valence-corrected chi connectivity index (χ0v) is 10.8. The van der Waals surface area contributed by atoms with Gasteiger partial charge in [-0.15, -0.1) is 0 Å². The van der Waals surface area contributed by atoms with Crippen molar-refractivity contribution in [3.8, 4) is 0 Å². The summed E-state index contributed by atoms with van der Waals surface area (Å²) in [5, 5.41) is 4.28. The minimum Gasteiger partial charge on any atom is -0.466 e. The van der Waals surface area contributed by atoms with Crippen LogP contribution >= 0.6 is 0 Å². The van der Waals surface area contributed by atoms with Crippen LogP contribution in [0.5, 0.6) is 0 Å². The number of imidazole rings is 1. The zero-order chi connectivity index (χ0) is 13.3. The van der Waals surface area contributed by atoms with Crippen molar-refractivity contribution < 1.29 is 9.53 Å². The summed E-state index contributed by atoms with van der Waals surface area (Å²) < 4.78 is 8.40. The summed E-state index contributed by atoms with van der Waals surface area (Å²) in [5.74, 6) is 0.156. The predicted molar refractivity (Wildman–Crippen MR) is 66.9 cm³/mol.